The standard InChI is InChI=1S/C16H20ClN3O/c1-11-14(16(17)20(2)19-11)9-18-8-12-7-13-5-3-4-6-15(13)21-10-12/h3-6,12,18H,7-10H2,1-2H3/t12-/m0/s1. The molecule has 1 N–H and O–H groups in total. The molecule has 2 heterocycles. The van der Waals surface area contributed by atoms with E-state index in [1.807, 2.05) is 26.1 Å². The van der Waals surface area contributed by atoms with Crippen LogP contribution in [0.5, 0.6) is 5.75 Å². The number of aryl methyl sites for hydroxylation is 2. The molecule has 21 heavy (non-hydrogen) atoms. The van der Waals surface area contributed by atoms with Crippen LogP contribution in [0.1, 0.15) is 16.8 Å². The van der Waals surface area contributed by atoms with Gasteiger partial charge >= 0.3 is 0 Å². The van der Waals surface area contributed by atoms with E-state index in [-0.39, 0.29) is 0 Å². The van der Waals surface area contributed by atoms with Crippen LogP contribution < -0.4 is 10.1 Å². The summed E-state index contributed by atoms with van der Waals surface area (Å²) in [5.41, 5.74) is 3.36. The molecule has 0 fully saturated rings. The molecule has 1 aliphatic heterocycles. The lowest BCUT2D eigenvalue weighted by Crippen LogP contribution is -2.31. The van der Waals surface area contributed by atoms with Gasteiger partial charge in [-0.1, -0.05) is 29.8 Å². The maximum atomic E-state index is 6.24. The number of rotatable bonds is 4. The molecule has 0 amide bonds. The molecule has 0 saturated carbocycles. The van der Waals surface area contributed by atoms with Gasteiger partial charge in [-0.15, -0.1) is 0 Å². The van der Waals surface area contributed by atoms with Gasteiger partial charge in [-0.2, -0.15) is 5.10 Å². The Labute approximate surface area is 130 Å². The topological polar surface area (TPSA) is 39.1 Å². The Hall–Kier alpha value is -1.52. The lowest BCUT2D eigenvalue weighted by molar-refractivity contribution is 0.218. The van der Waals surface area contributed by atoms with Crippen molar-refractivity contribution in [2.75, 3.05) is 13.2 Å². The summed E-state index contributed by atoms with van der Waals surface area (Å²) in [7, 11) is 1.87. The van der Waals surface area contributed by atoms with Gasteiger partial charge in [0.2, 0.25) is 0 Å². The highest BCUT2D eigenvalue weighted by Gasteiger charge is 2.19. The summed E-state index contributed by atoms with van der Waals surface area (Å²) in [6, 6.07) is 8.27. The van der Waals surface area contributed by atoms with Crippen molar-refractivity contribution in [3.05, 3.63) is 46.2 Å². The first kappa shape index (κ1) is 14.4. The molecule has 1 aromatic carbocycles. The Morgan fingerprint density at radius 2 is 2.24 bits per heavy atom. The van der Waals surface area contributed by atoms with Crippen LogP contribution in [-0.2, 0) is 20.0 Å². The Morgan fingerprint density at radius 1 is 1.43 bits per heavy atom. The minimum atomic E-state index is 0.496. The molecule has 0 unspecified atom stereocenters. The van der Waals surface area contributed by atoms with Crippen LogP contribution in [0.3, 0.4) is 0 Å². The average Bonchev–Trinajstić information content (AvgIpc) is 2.73. The van der Waals surface area contributed by atoms with E-state index in [0.29, 0.717) is 11.1 Å². The predicted molar refractivity (Wildman–Crippen MR) is 83.8 cm³/mol. The van der Waals surface area contributed by atoms with Gasteiger partial charge in [0, 0.05) is 31.6 Å². The average molecular weight is 306 g/mol. The van der Waals surface area contributed by atoms with Crippen molar-refractivity contribution < 1.29 is 4.74 Å². The second-order valence-electron chi connectivity index (χ2n) is 5.60. The van der Waals surface area contributed by atoms with Crippen molar-refractivity contribution in [2.45, 2.75) is 19.9 Å². The summed E-state index contributed by atoms with van der Waals surface area (Å²) in [6.07, 6.45) is 1.06. The summed E-state index contributed by atoms with van der Waals surface area (Å²) in [5, 5.41) is 8.52. The monoisotopic (exact) mass is 305 g/mol. The Balaban J connectivity index is 1.55. The number of fused-ring (bicyclic) bond motifs is 1. The van der Waals surface area contributed by atoms with Crippen LogP contribution in [0.2, 0.25) is 5.15 Å². The SMILES string of the molecule is Cc1nn(C)c(Cl)c1CNC[C@H]1COc2ccccc2C1. The van der Waals surface area contributed by atoms with Crippen LogP contribution in [0, 0.1) is 12.8 Å². The van der Waals surface area contributed by atoms with E-state index in [1.165, 1.54) is 5.56 Å². The van der Waals surface area contributed by atoms with E-state index >= 15 is 0 Å². The Bertz CT molecular complexity index is 638. The predicted octanol–water partition coefficient (Wildman–Crippen LogP) is 2.72. The van der Waals surface area contributed by atoms with E-state index < -0.39 is 0 Å². The van der Waals surface area contributed by atoms with Crippen LogP contribution in [-0.4, -0.2) is 22.9 Å². The highest BCUT2D eigenvalue weighted by atomic mass is 35.5. The third-order valence-electron chi connectivity index (χ3n) is 3.96. The molecule has 0 saturated heterocycles. The number of nitrogens with one attached hydrogen (secondary N) is 1. The van der Waals surface area contributed by atoms with Gasteiger partial charge in [-0.25, -0.2) is 0 Å². The Kier molecular flexibility index (Phi) is 4.17. The highest BCUT2D eigenvalue weighted by Crippen LogP contribution is 2.26. The summed E-state index contributed by atoms with van der Waals surface area (Å²) < 4.78 is 7.52. The molecular weight excluding hydrogens is 286 g/mol. The lowest BCUT2D eigenvalue weighted by atomic mass is 9.97. The second kappa shape index (κ2) is 6.08. The zero-order valence-electron chi connectivity index (χ0n) is 12.4. The maximum absolute atomic E-state index is 6.24. The van der Waals surface area contributed by atoms with Gasteiger partial charge < -0.3 is 10.1 Å². The fraction of sp³-hybridized carbons (Fsp3) is 0.438. The van der Waals surface area contributed by atoms with E-state index in [9.17, 15) is 0 Å². The molecule has 0 spiro atoms. The van der Waals surface area contributed by atoms with Crippen molar-refractivity contribution in [3.8, 4) is 5.75 Å². The summed E-state index contributed by atoms with van der Waals surface area (Å²) in [5.74, 6) is 1.52. The molecule has 0 aliphatic carbocycles. The molecule has 1 aromatic heterocycles. The van der Waals surface area contributed by atoms with Gasteiger partial charge in [0.05, 0.1) is 12.3 Å². The lowest BCUT2D eigenvalue weighted by Gasteiger charge is -2.25. The smallest absolute Gasteiger partial charge is 0.131 e. The number of halogens is 1. The highest BCUT2D eigenvalue weighted by molar-refractivity contribution is 6.30. The number of aromatic nitrogens is 2. The van der Waals surface area contributed by atoms with E-state index in [2.05, 4.69) is 22.5 Å². The van der Waals surface area contributed by atoms with Gasteiger partial charge in [-0.3, -0.25) is 4.68 Å². The second-order valence-corrected chi connectivity index (χ2v) is 5.96. The van der Waals surface area contributed by atoms with Gasteiger partial charge in [0.1, 0.15) is 10.9 Å². The van der Waals surface area contributed by atoms with Crippen LogP contribution >= 0.6 is 11.6 Å². The molecule has 112 valence electrons. The molecule has 0 radical (unpaired) electrons. The Morgan fingerprint density at radius 3 is 3.00 bits per heavy atom. The summed E-state index contributed by atoms with van der Waals surface area (Å²) in [6.45, 7) is 4.42. The molecule has 0 bridgehead atoms. The minimum absolute atomic E-state index is 0.496. The number of nitrogens with zero attached hydrogens (tertiary/aromatic N) is 2. The van der Waals surface area contributed by atoms with Crippen molar-refractivity contribution >= 4 is 11.6 Å². The van der Waals surface area contributed by atoms with Gasteiger partial charge in [-0.05, 0) is 25.0 Å². The molecule has 4 nitrogen and oxygen atoms in total. The maximum Gasteiger partial charge on any atom is 0.131 e. The van der Waals surface area contributed by atoms with Crippen LogP contribution in [0.25, 0.3) is 0 Å². The molecule has 1 aliphatic rings. The van der Waals surface area contributed by atoms with Gasteiger partial charge in [0.25, 0.3) is 0 Å². The zero-order chi connectivity index (χ0) is 14.8. The normalized spacial score (nSPS) is 17.4. The molecular formula is C16H20ClN3O. The number of benzene rings is 1. The van der Waals surface area contributed by atoms with Crippen LogP contribution in [0.4, 0.5) is 0 Å². The zero-order valence-corrected chi connectivity index (χ0v) is 13.2. The number of hydrogen-bond acceptors (Lipinski definition) is 3. The van der Waals surface area contributed by atoms with Crippen LogP contribution in [0.15, 0.2) is 24.3 Å². The van der Waals surface area contributed by atoms with Crippen molar-refractivity contribution in [1.29, 1.82) is 0 Å². The molecule has 2 aromatic rings. The number of hydrogen-bond donors (Lipinski definition) is 1. The molecule has 3 rings (SSSR count). The van der Waals surface area contributed by atoms with E-state index in [1.54, 1.807) is 4.68 Å². The van der Waals surface area contributed by atoms with Crippen molar-refractivity contribution in [3.63, 3.8) is 0 Å². The first-order valence-electron chi connectivity index (χ1n) is 7.24. The third kappa shape index (κ3) is 3.06. The first-order chi connectivity index (χ1) is 10.1. The molecule has 1 atom stereocenters. The molecule has 5 heteroatoms. The first-order valence-corrected chi connectivity index (χ1v) is 7.62. The van der Waals surface area contributed by atoms with Crippen molar-refractivity contribution in [2.24, 2.45) is 13.0 Å². The van der Waals surface area contributed by atoms with E-state index in [4.69, 9.17) is 16.3 Å². The summed E-state index contributed by atoms with van der Waals surface area (Å²) in [4.78, 5) is 0. The summed E-state index contributed by atoms with van der Waals surface area (Å²) >= 11 is 6.24. The van der Waals surface area contributed by atoms with Crippen molar-refractivity contribution in [1.82, 2.24) is 15.1 Å². The fourth-order valence-corrected chi connectivity index (χ4v) is 3.04. The third-order valence-corrected chi connectivity index (χ3v) is 4.43. The number of para-hydroxylation sites is 1. The fourth-order valence-electron chi connectivity index (χ4n) is 2.80. The van der Waals surface area contributed by atoms with Gasteiger partial charge in [0.15, 0.2) is 0 Å². The quantitative estimate of drug-likeness (QED) is 0.944. The van der Waals surface area contributed by atoms with E-state index in [0.717, 1.165) is 43.1 Å². The minimum Gasteiger partial charge on any atom is -0.493 e. The number of ether oxygens (including phenoxy) is 1. The largest absolute Gasteiger partial charge is 0.493 e.